The van der Waals surface area contributed by atoms with Crippen molar-refractivity contribution in [2.24, 2.45) is 0 Å². The van der Waals surface area contributed by atoms with Gasteiger partial charge in [0.25, 0.3) is 0 Å². The Balaban J connectivity index is 2.10. The molecule has 0 radical (unpaired) electrons. The monoisotopic (exact) mass is 292 g/mol. The van der Waals surface area contributed by atoms with E-state index in [4.69, 9.17) is 0 Å². The van der Waals surface area contributed by atoms with Crippen LogP contribution in [0, 0.1) is 25.5 Å². The number of rotatable bonds is 4. The highest BCUT2D eigenvalue weighted by Gasteiger charge is 2.13. The zero-order valence-electron chi connectivity index (χ0n) is 11.2. The Bertz CT molecular complexity index is 653. The molecule has 0 saturated heterocycles. The van der Waals surface area contributed by atoms with E-state index in [0.29, 0.717) is 0 Å². The molecule has 20 heavy (non-hydrogen) atoms. The number of hydrogen-bond acceptors (Lipinski definition) is 2. The molecule has 0 saturated carbocycles. The average Bonchev–Trinajstić information content (AvgIpc) is 2.39. The van der Waals surface area contributed by atoms with E-state index in [2.05, 4.69) is 0 Å². The molecule has 2 aromatic carbocycles. The van der Waals surface area contributed by atoms with Crippen LogP contribution in [0.3, 0.4) is 0 Å². The number of benzene rings is 2. The fourth-order valence-electron chi connectivity index (χ4n) is 1.80. The van der Waals surface area contributed by atoms with E-state index in [9.17, 15) is 13.6 Å². The third kappa shape index (κ3) is 3.45. The third-order valence-electron chi connectivity index (χ3n) is 2.93. The first-order chi connectivity index (χ1) is 9.47. The zero-order valence-corrected chi connectivity index (χ0v) is 12.1. The molecule has 2 aromatic rings. The van der Waals surface area contributed by atoms with Crippen molar-refractivity contribution in [3.63, 3.8) is 0 Å². The van der Waals surface area contributed by atoms with Gasteiger partial charge in [0.1, 0.15) is 11.6 Å². The lowest BCUT2D eigenvalue weighted by molar-refractivity contribution is 0.101. The molecular formula is C16H14F2OS. The number of carbonyl (C=O) groups excluding carboxylic acids is 1. The van der Waals surface area contributed by atoms with E-state index < -0.39 is 11.6 Å². The van der Waals surface area contributed by atoms with Gasteiger partial charge in [0.15, 0.2) is 5.78 Å². The van der Waals surface area contributed by atoms with E-state index in [-0.39, 0.29) is 17.1 Å². The number of ketones is 1. The van der Waals surface area contributed by atoms with Gasteiger partial charge in [-0.15, -0.1) is 11.8 Å². The summed E-state index contributed by atoms with van der Waals surface area (Å²) in [5.41, 5.74) is 2.12. The smallest absolute Gasteiger partial charge is 0.176 e. The van der Waals surface area contributed by atoms with Crippen molar-refractivity contribution in [1.29, 1.82) is 0 Å². The Labute approximate surface area is 121 Å². The molecule has 0 fully saturated rings. The zero-order chi connectivity index (χ0) is 14.7. The van der Waals surface area contributed by atoms with E-state index in [1.54, 1.807) is 0 Å². The summed E-state index contributed by atoms with van der Waals surface area (Å²) in [6.45, 7) is 3.94. The van der Waals surface area contributed by atoms with Gasteiger partial charge in [-0.3, -0.25) is 4.79 Å². The van der Waals surface area contributed by atoms with Crippen LogP contribution in [0.4, 0.5) is 8.78 Å². The maximum atomic E-state index is 13.5. The average molecular weight is 292 g/mol. The lowest BCUT2D eigenvalue weighted by atomic mass is 10.1. The van der Waals surface area contributed by atoms with Crippen molar-refractivity contribution < 1.29 is 13.6 Å². The molecular weight excluding hydrogens is 278 g/mol. The van der Waals surface area contributed by atoms with E-state index in [1.807, 2.05) is 32.0 Å². The molecule has 0 heterocycles. The number of thioether (sulfide) groups is 1. The first kappa shape index (κ1) is 14.7. The first-order valence-electron chi connectivity index (χ1n) is 6.15. The SMILES string of the molecule is Cc1ccc(C)c(SCC(=O)c2ccc(F)cc2F)c1. The highest BCUT2D eigenvalue weighted by Crippen LogP contribution is 2.24. The number of aryl methyl sites for hydroxylation is 2. The topological polar surface area (TPSA) is 17.1 Å². The van der Waals surface area contributed by atoms with Gasteiger partial charge in [-0.2, -0.15) is 0 Å². The summed E-state index contributed by atoms with van der Waals surface area (Å²) in [5.74, 6) is -1.70. The van der Waals surface area contributed by atoms with Crippen molar-refractivity contribution in [2.45, 2.75) is 18.7 Å². The van der Waals surface area contributed by atoms with Gasteiger partial charge >= 0.3 is 0 Å². The molecule has 0 aliphatic carbocycles. The van der Waals surface area contributed by atoms with Gasteiger partial charge in [0, 0.05) is 11.0 Å². The van der Waals surface area contributed by atoms with Crippen LogP contribution in [0.2, 0.25) is 0 Å². The summed E-state index contributed by atoms with van der Waals surface area (Å²) in [4.78, 5) is 13.0. The van der Waals surface area contributed by atoms with Gasteiger partial charge in [0.2, 0.25) is 0 Å². The molecule has 0 atom stereocenters. The molecule has 0 aromatic heterocycles. The van der Waals surface area contributed by atoms with Crippen LogP contribution in [0.15, 0.2) is 41.3 Å². The van der Waals surface area contributed by atoms with Crippen LogP contribution in [-0.2, 0) is 0 Å². The highest BCUT2D eigenvalue weighted by molar-refractivity contribution is 8.00. The Morgan fingerprint density at radius 3 is 2.55 bits per heavy atom. The molecule has 0 aliphatic heterocycles. The quantitative estimate of drug-likeness (QED) is 0.607. The summed E-state index contributed by atoms with van der Waals surface area (Å²) in [6.07, 6.45) is 0. The Kier molecular flexibility index (Phi) is 4.55. The van der Waals surface area contributed by atoms with Crippen molar-refractivity contribution in [1.82, 2.24) is 0 Å². The van der Waals surface area contributed by atoms with Crippen LogP contribution in [0.25, 0.3) is 0 Å². The second kappa shape index (κ2) is 6.18. The summed E-state index contributed by atoms with van der Waals surface area (Å²) in [6, 6.07) is 9.00. The minimum Gasteiger partial charge on any atom is -0.293 e. The minimum atomic E-state index is -0.809. The Morgan fingerprint density at radius 1 is 1.10 bits per heavy atom. The summed E-state index contributed by atoms with van der Waals surface area (Å²) in [7, 11) is 0. The lowest BCUT2D eigenvalue weighted by Gasteiger charge is -2.07. The van der Waals surface area contributed by atoms with Gasteiger partial charge in [0.05, 0.1) is 11.3 Å². The predicted octanol–water partition coefficient (Wildman–Crippen LogP) is 4.56. The standard InChI is InChI=1S/C16H14F2OS/c1-10-3-4-11(2)16(7-10)20-9-15(19)13-6-5-12(17)8-14(13)18/h3-8H,9H2,1-2H3. The van der Waals surface area contributed by atoms with Crippen molar-refractivity contribution in [2.75, 3.05) is 5.75 Å². The lowest BCUT2D eigenvalue weighted by Crippen LogP contribution is -2.06. The largest absolute Gasteiger partial charge is 0.293 e. The van der Waals surface area contributed by atoms with Crippen LogP contribution < -0.4 is 0 Å². The van der Waals surface area contributed by atoms with Gasteiger partial charge < -0.3 is 0 Å². The van der Waals surface area contributed by atoms with Gasteiger partial charge in [-0.05, 0) is 37.6 Å². The van der Waals surface area contributed by atoms with E-state index in [0.717, 1.165) is 28.2 Å². The third-order valence-corrected chi connectivity index (χ3v) is 4.09. The molecule has 4 heteroatoms. The maximum Gasteiger partial charge on any atom is 0.176 e. The molecule has 1 nitrogen and oxygen atoms in total. The van der Waals surface area contributed by atoms with Crippen molar-refractivity contribution in [3.05, 3.63) is 64.7 Å². The summed E-state index contributed by atoms with van der Waals surface area (Å²) >= 11 is 1.37. The Morgan fingerprint density at radius 2 is 1.85 bits per heavy atom. The molecule has 0 bridgehead atoms. The number of halogens is 2. The molecule has 0 amide bonds. The molecule has 0 unspecified atom stereocenters. The summed E-state index contributed by atoms with van der Waals surface area (Å²) in [5, 5.41) is 0. The van der Waals surface area contributed by atoms with Crippen molar-refractivity contribution in [3.8, 4) is 0 Å². The molecule has 0 aliphatic rings. The number of carbonyl (C=O) groups is 1. The molecule has 2 rings (SSSR count). The van der Waals surface area contributed by atoms with Crippen LogP contribution in [-0.4, -0.2) is 11.5 Å². The molecule has 104 valence electrons. The fourth-order valence-corrected chi connectivity index (χ4v) is 2.81. The maximum absolute atomic E-state index is 13.5. The van der Waals surface area contributed by atoms with Gasteiger partial charge in [-0.1, -0.05) is 17.7 Å². The highest BCUT2D eigenvalue weighted by atomic mass is 32.2. The van der Waals surface area contributed by atoms with Gasteiger partial charge in [-0.25, -0.2) is 8.78 Å². The summed E-state index contributed by atoms with van der Waals surface area (Å²) < 4.78 is 26.3. The predicted molar refractivity (Wildman–Crippen MR) is 77.3 cm³/mol. The molecule has 0 spiro atoms. The number of hydrogen-bond donors (Lipinski definition) is 0. The van der Waals surface area contributed by atoms with E-state index >= 15 is 0 Å². The number of Topliss-reactive ketones (excluding diaryl/α,β-unsaturated/α-hetero) is 1. The van der Waals surface area contributed by atoms with Crippen LogP contribution in [0.1, 0.15) is 21.5 Å². The second-order valence-corrected chi connectivity index (χ2v) is 5.62. The Hall–Kier alpha value is -1.68. The van der Waals surface area contributed by atoms with Crippen LogP contribution in [0.5, 0.6) is 0 Å². The first-order valence-corrected chi connectivity index (χ1v) is 7.14. The van der Waals surface area contributed by atoms with Crippen LogP contribution >= 0.6 is 11.8 Å². The second-order valence-electron chi connectivity index (χ2n) is 4.60. The fraction of sp³-hybridized carbons (Fsp3) is 0.188. The van der Waals surface area contributed by atoms with Crippen molar-refractivity contribution >= 4 is 17.5 Å². The minimum absolute atomic E-state index is 0.0655. The normalized spacial score (nSPS) is 10.6. The van der Waals surface area contributed by atoms with E-state index in [1.165, 1.54) is 17.8 Å². The molecule has 0 N–H and O–H groups in total.